The molecule has 0 saturated carbocycles. The van der Waals surface area contributed by atoms with Gasteiger partial charge in [0.15, 0.2) is 0 Å². The molecular formula is C16H19FN2O2. The molecule has 1 saturated heterocycles. The van der Waals surface area contributed by atoms with E-state index in [0.29, 0.717) is 31.6 Å². The van der Waals surface area contributed by atoms with Crippen molar-refractivity contribution in [3.63, 3.8) is 0 Å². The second-order valence-corrected chi connectivity index (χ2v) is 5.33. The molecule has 1 heterocycles. The van der Waals surface area contributed by atoms with Crippen LogP contribution in [0.15, 0.2) is 18.2 Å². The Balaban J connectivity index is 2.18. The Labute approximate surface area is 123 Å². The third-order valence-corrected chi connectivity index (χ3v) is 3.56. The van der Waals surface area contributed by atoms with E-state index in [1.165, 1.54) is 18.2 Å². The highest BCUT2D eigenvalue weighted by atomic mass is 19.1. The Morgan fingerprint density at radius 3 is 2.86 bits per heavy atom. The van der Waals surface area contributed by atoms with Crippen LogP contribution in [-0.2, 0) is 4.74 Å². The lowest BCUT2D eigenvalue weighted by molar-refractivity contribution is 0.0421. The number of benzene rings is 1. The fraction of sp³-hybridized carbons (Fsp3) is 0.438. The standard InChI is InChI=1S/C16H19FN2O2/c1-16(6-9-21-10-7-16)19-15(20)13-11-12(3-2-8-18)4-5-14(13)17/h4-5,11H,6-10,18H2,1H3,(H,19,20). The van der Waals surface area contributed by atoms with E-state index in [-0.39, 0.29) is 17.6 Å². The van der Waals surface area contributed by atoms with E-state index in [1.807, 2.05) is 6.92 Å². The van der Waals surface area contributed by atoms with Gasteiger partial charge in [-0.15, -0.1) is 0 Å². The van der Waals surface area contributed by atoms with Crippen LogP contribution in [0.1, 0.15) is 35.7 Å². The molecule has 1 aliphatic rings. The van der Waals surface area contributed by atoms with Crippen molar-refractivity contribution < 1.29 is 13.9 Å². The van der Waals surface area contributed by atoms with Gasteiger partial charge < -0.3 is 15.8 Å². The zero-order valence-electron chi connectivity index (χ0n) is 12.0. The Hall–Kier alpha value is -1.90. The molecule has 5 heteroatoms. The van der Waals surface area contributed by atoms with E-state index in [4.69, 9.17) is 10.5 Å². The highest BCUT2D eigenvalue weighted by Crippen LogP contribution is 2.21. The quantitative estimate of drug-likeness (QED) is 0.810. The number of carbonyl (C=O) groups excluding carboxylic acids is 1. The van der Waals surface area contributed by atoms with Crippen molar-refractivity contribution in [2.24, 2.45) is 5.73 Å². The molecule has 0 atom stereocenters. The highest BCUT2D eigenvalue weighted by molar-refractivity contribution is 5.95. The van der Waals surface area contributed by atoms with E-state index in [2.05, 4.69) is 17.2 Å². The van der Waals surface area contributed by atoms with Gasteiger partial charge in [-0.05, 0) is 38.0 Å². The number of ether oxygens (including phenoxy) is 1. The monoisotopic (exact) mass is 290 g/mol. The molecule has 2 rings (SSSR count). The number of rotatable bonds is 2. The van der Waals surface area contributed by atoms with Crippen LogP contribution in [0.4, 0.5) is 4.39 Å². The molecule has 0 bridgehead atoms. The van der Waals surface area contributed by atoms with Crippen molar-refractivity contribution in [3.8, 4) is 11.8 Å². The molecule has 1 aromatic carbocycles. The smallest absolute Gasteiger partial charge is 0.254 e. The van der Waals surface area contributed by atoms with Gasteiger partial charge in [0, 0.05) is 24.3 Å². The van der Waals surface area contributed by atoms with Gasteiger partial charge in [0.1, 0.15) is 5.82 Å². The van der Waals surface area contributed by atoms with Gasteiger partial charge in [0.25, 0.3) is 5.91 Å². The third kappa shape index (κ3) is 4.03. The fourth-order valence-corrected chi connectivity index (χ4v) is 2.22. The lowest BCUT2D eigenvalue weighted by Gasteiger charge is -2.34. The van der Waals surface area contributed by atoms with Crippen LogP contribution in [0.2, 0.25) is 0 Å². The maximum Gasteiger partial charge on any atom is 0.254 e. The molecule has 1 aliphatic heterocycles. The van der Waals surface area contributed by atoms with Crippen molar-refractivity contribution >= 4 is 5.91 Å². The first-order chi connectivity index (χ1) is 10.0. The van der Waals surface area contributed by atoms with Crippen molar-refractivity contribution in [1.29, 1.82) is 0 Å². The van der Waals surface area contributed by atoms with Crippen LogP contribution in [0.5, 0.6) is 0 Å². The summed E-state index contributed by atoms with van der Waals surface area (Å²) < 4.78 is 19.1. The van der Waals surface area contributed by atoms with Gasteiger partial charge in [0.2, 0.25) is 0 Å². The van der Waals surface area contributed by atoms with Crippen molar-refractivity contribution in [2.45, 2.75) is 25.3 Å². The van der Waals surface area contributed by atoms with E-state index in [9.17, 15) is 9.18 Å². The maximum atomic E-state index is 13.9. The molecular weight excluding hydrogens is 271 g/mol. The summed E-state index contributed by atoms with van der Waals surface area (Å²) in [6, 6.07) is 4.24. The van der Waals surface area contributed by atoms with Gasteiger partial charge in [0.05, 0.1) is 12.1 Å². The van der Waals surface area contributed by atoms with E-state index in [0.717, 1.165) is 0 Å². The summed E-state index contributed by atoms with van der Waals surface area (Å²) in [7, 11) is 0. The Morgan fingerprint density at radius 2 is 2.19 bits per heavy atom. The predicted octanol–water partition coefficient (Wildman–Crippen LogP) is 1.43. The minimum absolute atomic E-state index is 0.00605. The first kappa shape index (κ1) is 15.5. The summed E-state index contributed by atoms with van der Waals surface area (Å²) in [6.07, 6.45) is 1.43. The lowest BCUT2D eigenvalue weighted by atomic mass is 9.92. The van der Waals surface area contributed by atoms with E-state index >= 15 is 0 Å². The highest BCUT2D eigenvalue weighted by Gasteiger charge is 2.30. The molecule has 21 heavy (non-hydrogen) atoms. The number of carbonyl (C=O) groups is 1. The number of hydrogen-bond donors (Lipinski definition) is 2. The number of halogens is 1. The second-order valence-electron chi connectivity index (χ2n) is 5.33. The minimum Gasteiger partial charge on any atom is -0.381 e. The molecule has 3 N–H and O–H groups in total. The molecule has 4 nitrogen and oxygen atoms in total. The van der Waals surface area contributed by atoms with Crippen LogP contribution in [0.3, 0.4) is 0 Å². The third-order valence-electron chi connectivity index (χ3n) is 3.56. The summed E-state index contributed by atoms with van der Waals surface area (Å²) >= 11 is 0. The largest absolute Gasteiger partial charge is 0.381 e. The molecule has 1 amide bonds. The molecule has 0 aliphatic carbocycles. The average Bonchev–Trinajstić information content (AvgIpc) is 2.46. The predicted molar refractivity (Wildman–Crippen MR) is 78.3 cm³/mol. The first-order valence-electron chi connectivity index (χ1n) is 6.93. The molecule has 112 valence electrons. The molecule has 0 radical (unpaired) electrons. The first-order valence-corrected chi connectivity index (χ1v) is 6.93. The summed E-state index contributed by atoms with van der Waals surface area (Å²) in [5.41, 5.74) is 5.53. The molecule has 1 aromatic rings. The van der Waals surface area contributed by atoms with Crippen molar-refractivity contribution in [3.05, 3.63) is 35.1 Å². The number of nitrogens with two attached hydrogens (primary N) is 1. The molecule has 0 spiro atoms. The zero-order valence-corrected chi connectivity index (χ0v) is 12.0. The van der Waals surface area contributed by atoms with Gasteiger partial charge in [-0.2, -0.15) is 0 Å². The van der Waals surface area contributed by atoms with Gasteiger partial charge in [-0.3, -0.25) is 4.79 Å². The zero-order chi connectivity index (χ0) is 15.3. The van der Waals surface area contributed by atoms with Crippen molar-refractivity contribution in [1.82, 2.24) is 5.32 Å². The Bertz CT molecular complexity index is 584. The normalized spacial score (nSPS) is 16.7. The number of amides is 1. The Kier molecular flexibility index (Phi) is 4.94. The maximum absolute atomic E-state index is 13.9. The van der Waals surface area contributed by atoms with Crippen molar-refractivity contribution in [2.75, 3.05) is 19.8 Å². The van der Waals surface area contributed by atoms with Gasteiger partial charge >= 0.3 is 0 Å². The Morgan fingerprint density at radius 1 is 1.48 bits per heavy atom. The summed E-state index contributed by atoms with van der Waals surface area (Å²) in [5.74, 6) is 4.51. The lowest BCUT2D eigenvalue weighted by Crippen LogP contribution is -2.49. The second kappa shape index (κ2) is 6.70. The minimum atomic E-state index is -0.554. The number of hydrogen-bond acceptors (Lipinski definition) is 3. The van der Waals surface area contributed by atoms with Crippen LogP contribution < -0.4 is 11.1 Å². The van der Waals surface area contributed by atoms with E-state index < -0.39 is 11.7 Å². The van der Waals surface area contributed by atoms with Crippen LogP contribution in [0, 0.1) is 17.7 Å². The van der Waals surface area contributed by atoms with Gasteiger partial charge in [-0.1, -0.05) is 11.8 Å². The summed E-state index contributed by atoms with van der Waals surface area (Å²) in [4.78, 5) is 12.3. The SMILES string of the molecule is CC1(NC(=O)c2cc(C#CCN)ccc2F)CCOCC1. The van der Waals surface area contributed by atoms with E-state index in [1.54, 1.807) is 0 Å². The van der Waals surface area contributed by atoms with Crippen LogP contribution >= 0.6 is 0 Å². The number of nitrogens with one attached hydrogen (secondary N) is 1. The van der Waals surface area contributed by atoms with Crippen LogP contribution in [-0.4, -0.2) is 31.2 Å². The molecule has 1 fully saturated rings. The summed E-state index contributed by atoms with van der Waals surface area (Å²) in [6.45, 7) is 3.36. The average molecular weight is 290 g/mol. The molecule has 0 aromatic heterocycles. The van der Waals surface area contributed by atoms with Crippen LogP contribution in [0.25, 0.3) is 0 Å². The van der Waals surface area contributed by atoms with Gasteiger partial charge in [-0.25, -0.2) is 4.39 Å². The molecule has 0 unspecified atom stereocenters. The fourth-order valence-electron chi connectivity index (χ4n) is 2.22. The summed E-state index contributed by atoms with van der Waals surface area (Å²) in [5, 5.41) is 2.90. The topological polar surface area (TPSA) is 64.4 Å².